The second-order valence-corrected chi connectivity index (χ2v) is 3.70. The largest absolute Gasteiger partial charge is 0.493 e. The molecule has 17 heavy (non-hydrogen) atoms. The fourth-order valence-corrected chi connectivity index (χ4v) is 1.36. The summed E-state index contributed by atoms with van der Waals surface area (Å²) in [5, 5.41) is 9.18. The summed E-state index contributed by atoms with van der Waals surface area (Å²) in [6, 6.07) is 5.40. The monoisotopic (exact) mass is 256 g/mol. The Balaban J connectivity index is 2.74. The third-order valence-electron chi connectivity index (χ3n) is 2.11. The van der Waals surface area contributed by atoms with E-state index < -0.39 is 0 Å². The summed E-state index contributed by atoms with van der Waals surface area (Å²) in [5.74, 6) is 1.37. The van der Waals surface area contributed by atoms with Gasteiger partial charge in [-0.1, -0.05) is 18.5 Å². The van der Waals surface area contributed by atoms with Crippen molar-refractivity contribution < 1.29 is 14.6 Å². The third-order valence-corrected chi connectivity index (χ3v) is 2.28. The van der Waals surface area contributed by atoms with Gasteiger partial charge in [-0.15, -0.1) is 0 Å². The lowest BCUT2D eigenvalue weighted by Gasteiger charge is -2.11. The van der Waals surface area contributed by atoms with Crippen LogP contribution in [0.4, 0.5) is 0 Å². The highest BCUT2D eigenvalue weighted by atomic mass is 35.5. The highest BCUT2D eigenvalue weighted by Gasteiger charge is 2.04. The molecule has 0 saturated heterocycles. The topological polar surface area (TPSA) is 38.7 Å². The molecule has 0 aliphatic heterocycles. The van der Waals surface area contributed by atoms with Crippen molar-refractivity contribution in [2.24, 2.45) is 0 Å². The van der Waals surface area contributed by atoms with Gasteiger partial charge in [-0.3, -0.25) is 0 Å². The summed E-state index contributed by atoms with van der Waals surface area (Å²) in [6.07, 6.45) is 2.63. The summed E-state index contributed by atoms with van der Waals surface area (Å²) in [6.45, 7) is 3.02. The van der Waals surface area contributed by atoms with E-state index in [1.807, 2.05) is 13.0 Å². The van der Waals surface area contributed by atoms with Crippen LogP contribution in [0.15, 0.2) is 29.8 Å². The van der Waals surface area contributed by atoms with Crippen LogP contribution in [0.5, 0.6) is 11.5 Å². The van der Waals surface area contributed by atoms with Gasteiger partial charge in [0.25, 0.3) is 0 Å². The van der Waals surface area contributed by atoms with E-state index in [0.29, 0.717) is 19.0 Å². The van der Waals surface area contributed by atoms with Gasteiger partial charge in [0.2, 0.25) is 0 Å². The van der Waals surface area contributed by atoms with Gasteiger partial charge in [0, 0.05) is 17.2 Å². The maximum absolute atomic E-state index is 9.18. The lowest BCUT2D eigenvalue weighted by Crippen LogP contribution is -2.00. The first-order valence-electron chi connectivity index (χ1n) is 5.56. The maximum Gasteiger partial charge on any atom is 0.128 e. The fourth-order valence-electron chi connectivity index (χ4n) is 1.28. The normalized spacial score (nSPS) is 10.8. The number of halogens is 1. The zero-order valence-electron chi connectivity index (χ0n) is 9.86. The van der Waals surface area contributed by atoms with Gasteiger partial charge >= 0.3 is 0 Å². The van der Waals surface area contributed by atoms with E-state index in [4.69, 9.17) is 21.1 Å². The minimum absolute atomic E-state index is 0.0615. The summed E-state index contributed by atoms with van der Waals surface area (Å²) >= 11 is 5.41. The lowest BCUT2D eigenvalue weighted by molar-refractivity contribution is 0.268. The molecule has 4 heteroatoms. The molecule has 0 fully saturated rings. The molecule has 1 rings (SSSR count). The second kappa shape index (κ2) is 7.98. The molecule has 0 spiro atoms. The zero-order valence-corrected chi connectivity index (χ0v) is 10.6. The predicted molar refractivity (Wildman–Crippen MR) is 68.6 cm³/mol. The number of hydrogen-bond acceptors (Lipinski definition) is 3. The van der Waals surface area contributed by atoms with Crippen LogP contribution in [0.3, 0.4) is 0 Å². The van der Waals surface area contributed by atoms with Crippen molar-refractivity contribution in [2.45, 2.75) is 20.0 Å². The number of aliphatic hydroxyl groups excluding tert-OH is 1. The predicted octanol–water partition coefficient (Wildman–Crippen LogP) is 3.10. The van der Waals surface area contributed by atoms with Gasteiger partial charge < -0.3 is 14.6 Å². The fraction of sp³-hybridized carbons (Fsp3) is 0.385. The van der Waals surface area contributed by atoms with Crippen LogP contribution in [0.1, 0.15) is 18.9 Å². The lowest BCUT2D eigenvalue weighted by atomic mass is 10.2. The quantitative estimate of drug-likeness (QED) is 0.815. The van der Waals surface area contributed by atoms with Crippen LogP contribution < -0.4 is 9.47 Å². The van der Waals surface area contributed by atoms with Gasteiger partial charge in [0.15, 0.2) is 0 Å². The molecular formula is C13H17ClO3. The Bertz CT molecular complexity index is 364. The van der Waals surface area contributed by atoms with Gasteiger partial charge in [-0.2, -0.15) is 0 Å². The molecule has 0 radical (unpaired) electrons. The van der Waals surface area contributed by atoms with E-state index in [2.05, 4.69) is 0 Å². The second-order valence-electron chi connectivity index (χ2n) is 3.45. The van der Waals surface area contributed by atoms with E-state index in [0.717, 1.165) is 17.7 Å². The van der Waals surface area contributed by atoms with Gasteiger partial charge in [-0.05, 0) is 24.6 Å². The highest BCUT2D eigenvalue weighted by molar-refractivity contribution is 6.25. The van der Waals surface area contributed by atoms with Crippen molar-refractivity contribution in [3.63, 3.8) is 0 Å². The molecule has 3 nitrogen and oxygen atoms in total. The number of rotatable bonds is 7. The van der Waals surface area contributed by atoms with Crippen molar-refractivity contribution in [3.05, 3.63) is 35.4 Å². The van der Waals surface area contributed by atoms with Gasteiger partial charge in [-0.25, -0.2) is 0 Å². The van der Waals surface area contributed by atoms with Crippen molar-refractivity contribution in [2.75, 3.05) is 13.2 Å². The Morgan fingerprint density at radius 3 is 2.82 bits per heavy atom. The molecule has 0 amide bonds. The smallest absolute Gasteiger partial charge is 0.128 e. The van der Waals surface area contributed by atoms with E-state index in [1.165, 1.54) is 5.54 Å². The van der Waals surface area contributed by atoms with Crippen LogP contribution in [-0.2, 0) is 6.61 Å². The summed E-state index contributed by atoms with van der Waals surface area (Å²) in [4.78, 5) is 0. The minimum Gasteiger partial charge on any atom is -0.493 e. The van der Waals surface area contributed by atoms with E-state index in [1.54, 1.807) is 18.2 Å². The van der Waals surface area contributed by atoms with Crippen LogP contribution >= 0.6 is 11.6 Å². The van der Waals surface area contributed by atoms with Crippen LogP contribution in [0.25, 0.3) is 0 Å². The summed E-state index contributed by atoms with van der Waals surface area (Å²) in [5.41, 5.74) is 2.13. The molecule has 94 valence electrons. The minimum atomic E-state index is -0.0615. The van der Waals surface area contributed by atoms with Crippen molar-refractivity contribution in [1.29, 1.82) is 0 Å². The molecule has 0 aliphatic carbocycles. The Morgan fingerprint density at radius 1 is 1.35 bits per heavy atom. The van der Waals surface area contributed by atoms with Crippen LogP contribution in [0, 0.1) is 0 Å². The van der Waals surface area contributed by atoms with E-state index >= 15 is 0 Å². The Morgan fingerprint density at radius 2 is 2.18 bits per heavy atom. The average molecular weight is 257 g/mol. The Kier molecular flexibility index (Phi) is 6.51. The molecule has 0 aromatic heterocycles. The number of aliphatic hydroxyl groups is 1. The van der Waals surface area contributed by atoms with Crippen molar-refractivity contribution in [3.8, 4) is 11.5 Å². The van der Waals surface area contributed by atoms with E-state index in [9.17, 15) is 5.11 Å². The van der Waals surface area contributed by atoms with Gasteiger partial charge in [0.05, 0.1) is 13.2 Å². The molecule has 0 aliphatic rings. The number of hydrogen-bond donors (Lipinski definition) is 1. The van der Waals surface area contributed by atoms with Gasteiger partial charge in [0.1, 0.15) is 18.1 Å². The molecular weight excluding hydrogens is 240 g/mol. The molecule has 0 saturated carbocycles. The summed E-state index contributed by atoms with van der Waals surface area (Å²) in [7, 11) is 0. The SMILES string of the molecule is CCCOc1ccc(CO)c(OC/C=C/Cl)c1. The van der Waals surface area contributed by atoms with Crippen molar-refractivity contribution >= 4 is 11.6 Å². The zero-order chi connectivity index (χ0) is 12.5. The molecule has 0 unspecified atom stereocenters. The molecule has 0 atom stereocenters. The molecule has 1 aromatic carbocycles. The van der Waals surface area contributed by atoms with Crippen LogP contribution in [-0.4, -0.2) is 18.3 Å². The average Bonchev–Trinajstić information content (AvgIpc) is 2.37. The number of benzene rings is 1. The number of ether oxygens (including phenoxy) is 2. The Labute approximate surface area is 107 Å². The summed E-state index contributed by atoms with van der Waals surface area (Å²) < 4.78 is 11.0. The molecule has 1 N–H and O–H groups in total. The standard InChI is InChI=1S/C13H17ClO3/c1-2-7-16-12-5-4-11(10-15)13(9-12)17-8-3-6-14/h3-6,9,15H,2,7-8,10H2,1H3/b6-3+. The first-order valence-corrected chi connectivity index (χ1v) is 6.00. The van der Waals surface area contributed by atoms with E-state index in [-0.39, 0.29) is 6.61 Å². The maximum atomic E-state index is 9.18. The Hall–Kier alpha value is -1.19. The first kappa shape index (κ1) is 13.9. The first-order chi connectivity index (χ1) is 8.31. The third kappa shape index (κ3) is 4.67. The highest BCUT2D eigenvalue weighted by Crippen LogP contribution is 2.25. The van der Waals surface area contributed by atoms with Crippen LogP contribution in [0.2, 0.25) is 0 Å². The molecule has 1 aromatic rings. The van der Waals surface area contributed by atoms with Crippen molar-refractivity contribution in [1.82, 2.24) is 0 Å². The molecule has 0 bridgehead atoms. The molecule has 0 heterocycles.